The lowest BCUT2D eigenvalue weighted by atomic mass is 10.1. The molecule has 0 bridgehead atoms. The Morgan fingerprint density at radius 3 is 2.00 bits per heavy atom. The summed E-state index contributed by atoms with van der Waals surface area (Å²) in [7, 11) is 0. The molecule has 0 aliphatic carbocycles. The predicted molar refractivity (Wildman–Crippen MR) is 121 cm³/mol. The maximum absolute atomic E-state index is 10.8. The van der Waals surface area contributed by atoms with Gasteiger partial charge in [-0.3, -0.25) is 14.6 Å². The van der Waals surface area contributed by atoms with Crippen molar-refractivity contribution < 1.29 is 19.4 Å². The van der Waals surface area contributed by atoms with E-state index in [1.165, 1.54) is 11.1 Å². The van der Waals surface area contributed by atoms with Gasteiger partial charge in [-0.25, -0.2) is 0 Å². The zero-order chi connectivity index (χ0) is 22.6. The van der Waals surface area contributed by atoms with Crippen molar-refractivity contribution >= 4 is 5.97 Å². The highest BCUT2D eigenvalue weighted by molar-refractivity contribution is 5.67. The fraction of sp³-hybridized carbons (Fsp3) is 0.440. The van der Waals surface area contributed by atoms with Crippen molar-refractivity contribution in [2.24, 2.45) is 0 Å². The summed E-state index contributed by atoms with van der Waals surface area (Å²) in [5, 5.41) is 17.8. The summed E-state index contributed by atoms with van der Waals surface area (Å²) < 4.78 is 10.6. The summed E-state index contributed by atoms with van der Waals surface area (Å²) in [6.07, 6.45) is 0.146. The van der Waals surface area contributed by atoms with Crippen molar-refractivity contribution in [3.8, 4) is 6.07 Å². The van der Waals surface area contributed by atoms with Crippen LogP contribution in [0.5, 0.6) is 0 Å². The molecule has 0 spiro atoms. The van der Waals surface area contributed by atoms with Crippen molar-refractivity contribution in [1.29, 1.82) is 5.26 Å². The maximum atomic E-state index is 10.8. The topological polar surface area (TPSA) is 86.0 Å². The predicted octanol–water partition coefficient (Wildman–Crippen LogP) is 2.77. The number of ether oxygens (including phenoxy) is 2. The summed E-state index contributed by atoms with van der Waals surface area (Å²) in [6, 6.07) is 22.5. The number of aliphatic carboxylic acids is 1. The molecule has 2 aromatic rings. The third-order valence-corrected chi connectivity index (χ3v) is 5.61. The lowest BCUT2D eigenvalue weighted by Gasteiger charge is -2.34. The first kappa shape index (κ1) is 23.9. The molecule has 2 heterocycles. The highest BCUT2D eigenvalue weighted by Crippen LogP contribution is 2.15. The Morgan fingerprint density at radius 2 is 1.44 bits per heavy atom. The number of benzene rings is 2. The van der Waals surface area contributed by atoms with Crippen LogP contribution in [0.3, 0.4) is 0 Å². The SMILES string of the molecule is N#C[C@@H]1COCCN1Cc1ccccc1.O=C(O)C[C@@H]1COCCN1Cc1ccccc1. The van der Waals surface area contributed by atoms with Crippen LogP contribution in [0.4, 0.5) is 0 Å². The molecule has 32 heavy (non-hydrogen) atoms. The second-order valence-corrected chi connectivity index (χ2v) is 7.96. The molecule has 2 atom stereocenters. The molecule has 170 valence electrons. The van der Waals surface area contributed by atoms with Gasteiger partial charge in [-0.1, -0.05) is 60.7 Å². The van der Waals surface area contributed by atoms with E-state index in [2.05, 4.69) is 40.1 Å². The van der Waals surface area contributed by atoms with Crippen molar-refractivity contribution in [1.82, 2.24) is 9.80 Å². The van der Waals surface area contributed by atoms with Crippen molar-refractivity contribution in [2.45, 2.75) is 31.6 Å². The Morgan fingerprint density at radius 1 is 0.906 bits per heavy atom. The molecule has 0 radical (unpaired) electrons. The van der Waals surface area contributed by atoms with Gasteiger partial charge < -0.3 is 14.6 Å². The van der Waals surface area contributed by atoms with Crippen molar-refractivity contribution in [2.75, 3.05) is 39.5 Å². The molecule has 1 N–H and O–H groups in total. The second kappa shape index (κ2) is 12.9. The highest BCUT2D eigenvalue weighted by Gasteiger charge is 2.25. The summed E-state index contributed by atoms with van der Waals surface area (Å²) in [6.45, 7) is 5.72. The van der Waals surface area contributed by atoms with Gasteiger partial charge in [0.15, 0.2) is 0 Å². The van der Waals surface area contributed by atoms with E-state index in [0.717, 1.165) is 32.8 Å². The van der Waals surface area contributed by atoms with Gasteiger partial charge in [-0.15, -0.1) is 0 Å². The molecular formula is C25H31N3O4. The largest absolute Gasteiger partial charge is 0.481 e. The van der Waals surface area contributed by atoms with Gasteiger partial charge in [0.25, 0.3) is 0 Å². The van der Waals surface area contributed by atoms with Gasteiger partial charge in [0.05, 0.1) is 38.9 Å². The van der Waals surface area contributed by atoms with Crippen LogP contribution >= 0.6 is 0 Å². The van der Waals surface area contributed by atoms with E-state index >= 15 is 0 Å². The molecule has 7 nitrogen and oxygen atoms in total. The molecule has 0 amide bonds. The molecule has 0 aromatic heterocycles. The number of nitriles is 1. The van der Waals surface area contributed by atoms with Gasteiger partial charge in [0.1, 0.15) is 6.04 Å². The van der Waals surface area contributed by atoms with Crippen LogP contribution in [0, 0.1) is 11.3 Å². The third-order valence-electron chi connectivity index (χ3n) is 5.61. The van der Waals surface area contributed by atoms with Gasteiger partial charge in [-0.05, 0) is 11.1 Å². The molecule has 4 rings (SSSR count). The normalized spacial score (nSPS) is 21.7. The van der Waals surface area contributed by atoms with Gasteiger partial charge in [0.2, 0.25) is 0 Å². The van der Waals surface area contributed by atoms with E-state index in [1.807, 2.05) is 36.4 Å². The molecule has 2 fully saturated rings. The number of morpholine rings is 2. The van der Waals surface area contributed by atoms with E-state index < -0.39 is 5.97 Å². The lowest BCUT2D eigenvalue weighted by molar-refractivity contribution is -0.140. The number of carboxylic acids is 1. The Hall–Kier alpha value is -2.76. The summed E-state index contributed by atoms with van der Waals surface area (Å²) in [5.41, 5.74) is 2.46. The zero-order valence-electron chi connectivity index (χ0n) is 18.3. The van der Waals surface area contributed by atoms with E-state index in [-0.39, 0.29) is 18.5 Å². The molecule has 7 heteroatoms. The molecule has 2 aliphatic heterocycles. The van der Waals surface area contributed by atoms with Crippen LogP contribution < -0.4 is 0 Å². The minimum absolute atomic E-state index is 0.0125. The van der Waals surface area contributed by atoms with Gasteiger partial charge in [0, 0.05) is 32.2 Å². The minimum atomic E-state index is -0.765. The summed E-state index contributed by atoms with van der Waals surface area (Å²) in [4.78, 5) is 15.1. The van der Waals surface area contributed by atoms with Gasteiger partial charge in [-0.2, -0.15) is 5.26 Å². The zero-order valence-corrected chi connectivity index (χ0v) is 18.3. The monoisotopic (exact) mass is 437 g/mol. The van der Waals surface area contributed by atoms with Crippen molar-refractivity contribution in [3.05, 3.63) is 71.8 Å². The summed E-state index contributed by atoms with van der Waals surface area (Å²) in [5.74, 6) is -0.765. The number of nitrogens with zero attached hydrogens (tertiary/aromatic N) is 3. The van der Waals surface area contributed by atoms with Crippen LogP contribution in [-0.2, 0) is 27.4 Å². The van der Waals surface area contributed by atoms with Crippen molar-refractivity contribution in [3.63, 3.8) is 0 Å². The maximum Gasteiger partial charge on any atom is 0.305 e. The average molecular weight is 438 g/mol. The molecule has 2 saturated heterocycles. The van der Waals surface area contributed by atoms with Crippen LogP contribution in [-0.4, -0.2) is 72.5 Å². The molecule has 0 saturated carbocycles. The Kier molecular flexibility index (Phi) is 9.66. The number of carbonyl (C=O) groups is 1. The highest BCUT2D eigenvalue weighted by atomic mass is 16.5. The van der Waals surface area contributed by atoms with Crippen LogP contribution in [0.1, 0.15) is 17.5 Å². The van der Waals surface area contributed by atoms with Crippen LogP contribution in [0.15, 0.2) is 60.7 Å². The summed E-state index contributed by atoms with van der Waals surface area (Å²) >= 11 is 0. The van der Waals surface area contributed by atoms with E-state index in [0.29, 0.717) is 19.8 Å². The van der Waals surface area contributed by atoms with Crippen LogP contribution in [0.2, 0.25) is 0 Å². The first-order valence-corrected chi connectivity index (χ1v) is 11.0. The molecule has 2 aromatic carbocycles. The first-order valence-electron chi connectivity index (χ1n) is 11.0. The molecule has 0 unspecified atom stereocenters. The number of carboxylic acid groups (broad SMARTS) is 1. The van der Waals surface area contributed by atoms with Crippen LogP contribution in [0.25, 0.3) is 0 Å². The number of hydrogen-bond donors (Lipinski definition) is 1. The fourth-order valence-corrected chi connectivity index (χ4v) is 3.87. The Labute approximate surface area is 189 Å². The second-order valence-electron chi connectivity index (χ2n) is 7.96. The quantitative estimate of drug-likeness (QED) is 0.744. The first-order chi connectivity index (χ1) is 15.7. The van der Waals surface area contributed by atoms with E-state index in [9.17, 15) is 4.79 Å². The molecule has 2 aliphatic rings. The Balaban J connectivity index is 0.000000182. The number of rotatable bonds is 6. The lowest BCUT2D eigenvalue weighted by Crippen LogP contribution is -2.45. The van der Waals surface area contributed by atoms with E-state index in [4.69, 9.17) is 19.8 Å². The van der Waals surface area contributed by atoms with E-state index in [1.54, 1.807) is 0 Å². The molecular weight excluding hydrogens is 406 g/mol. The van der Waals surface area contributed by atoms with Gasteiger partial charge >= 0.3 is 5.97 Å². The fourth-order valence-electron chi connectivity index (χ4n) is 3.87. The average Bonchev–Trinajstić information content (AvgIpc) is 2.82. The Bertz CT molecular complexity index is 856. The smallest absolute Gasteiger partial charge is 0.305 e. The standard InChI is InChI=1S/C13H17NO3.C12H14N2O/c15-13(16)8-12-10-17-7-6-14(12)9-11-4-2-1-3-5-11;13-8-12-10-15-7-6-14(12)9-11-4-2-1-3-5-11/h1-5,12H,6-10H2,(H,15,16);1-5,12H,6-7,9-10H2/t2*12-/m11/s1. The number of hydrogen-bond acceptors (Lipinski definition) is 6. The minimum Gasteiger partial charge on any atom is -0.481 e. The third kappa shape index (κ3) is 7.74.